The van der Waals surface area contributed by atoms with Gasteiger partial charge in [-0.25, -0.2) is 21.1 Å². The Labute approximate surface area is 171 Å². The van der Waals surface area contributed by atoms with Crippen LogP contribution >= 0.6 is 0 Å². The first-order valence-corrected chi connectivity index (χ1v) is 11.7. The first-order valence-electron chi connectivity index (χ1n) is 8.59. The second kappa shape index (κ2) is 7.27. The molecule has 0 aliphatic carbocycles. The number of nitrogens with zero attached hydrogens (tertiary/aromatic N) is 1. The molecule has 0 unspecified atom stereocenters. The molecule has 2 aromatic carbocycles. The molecule has 0 aromatic heterocycles. The van der Waals surface area contributed by atoms with Crippen molar-refractivity contribution in [2.75, 3.05) is 14.8 Å². The number of aryl methyl sites for hydroxylation is 2. The van der Waals surface area contributed by atoms with Gasteiger partial charge in [0.1, 0.15) is 0 Å². The van der Waals surface area contributed by atoms with E-state index in [4.69, 9.17) is 0 Å². The van der Waals surface area contributed by atoms with Crippen LogP contribution in [0.25, 0.3) is 0 Å². The van der Waals surface area contributed by atoms with Crippen LogP contribution < -0.4 is 9.03 Å². The Morgan fingerprint density at radius 3 is 2.17 bits per heavy atom. The molecule has 0 saturated carbocycles. The third-order valence-electron chi connectivity index (χ3n) is 4.47. The topological polar surface area (TPSA) is 101 Å². The van der Waals surface area contributed by atoms with Crippen LogP contribution in [0.1, 0.15) is 23.1 Å². The van der Waals surface area contributed by atoms with E-state index < -0.39 is 37.7 Å². The molecule has 3 rings (SSSR count). The van der Waals surface area contributed by atoms with Gasteiger partial charge in [0.2, 0.25) is 15.9 Å². The Balaban J connectivity index is 2.01. The smallest absolute Gasteiger partial charge is 0.280 e. The van der Waals surface area contributed by atoms with Gasteiger partial charge in [-0.2, -0.15) is 13.2 Å². The van der Waals surface area contributed by atoms with Gasteiger partial charge in [-0.3, -0.25) is 9.52 Å². The highest BCUT2D eigenvalue weighted by Gasteiger charge is 2.37. The fourth-order valence-electron chi connectivity index (χ4n) is 3.30. The third kappa shape index (κ3) is 4.15. The number of halogens is 3. The lowest BCUT2D eigenvalue weighted by molar-refractivity contribution is -0.137. The summed E-state index contributed by atoms with van der Waals surface area (Å²) in [5.74, 6) is -0.951. The number of carbonyl (C=O) groups is 1. The first-order chi connectivity index (χ1) is 13.7. The minimum Gasteiger partial charge on any atom is -0.280 e. The Kier molecular flexibility index (Phi) is 5.35. The molecule has 1 N–H and O–H groups in total. The van der Waals surface area contributed by atoms with Gasteiger partial charge in [-0.05, 0) is 55.3 Å². The normalized spacial score (nSPS) is 16.7. The lowest BCUT2D eigenvalue weighted by Crippen LogP contribution is -2.29. The summed E-state index contributed by atoms with van der Waals surface area (Å²) in [7, 11) is -8.12. The zero-order chi connectivity index (χ0) is 22.5. The van der Waals surface area contributed by atoms with Crippen LogP contribution in [-0.4, -0.2) is 28.5 Å². The van der Waals surface area contributed by atoms with Gasteiger partial charge in [-0.1, -0.05) is 6.07 Å². The van der Waals surface area contributed by atoms with E-state index in [0.717, 1.165) is 12.1 Å². The van der Waals surface area contributed by atoms with Crippen molar-refractivity contribution in [3.05, 3.63) is 53.1 Å². The number of alkyl halides is 3. The molecule has 1 heterocycles. The average molecular weight is 462 g/mol. The van der Waals surface area contributed by atoms with Crippen LogP contribution in [0.3, 0.4) is 0 Å². The second-order valence-corrected chi connectivity index (χ2v) is 10.4. The maximum absolute atomic E-state index is 12.9. The van der Waals surface area contributed by atoms with Crippen molar-refractivity contribution < 1.29 is 34.8 Å². The molecule has 1 fully saturated rings. The van der Waals surface area contributed by atoms with E-state index in [1.807, 2.05) is 0 Å². The Bertz CT molecular complexity index is 1220. The average Bonchev–Trinajstić information content (AvgIpc) is 2.85. The zero-order valence-electron chi connectivity index (χ0n) is 15.8. The molecule has 0 bridgehead atoms. The summed E-state index contributed by atoms with van der Waals surface area (Å²) >= 11 is 0. The van der Waals surface area contributed by atoms with E-state index in [1.165, 1.54) is 32.0 Å². The van der Waals surface area contributed by atoms with Crippen molar-refractivity contribution >= 4 is 37.3 Å². The molecule has 2 aromatic rings. The van der Waals surface area contributed by atoms with Crippen molar-refractivity contribution in [1.29, 1.82) is 0 Å². The van der Waals surface area contributed by atoms with Crippen LogP contribution in [-0.2, 0) is 31.0 Å². The molecule has 1 aliphatic heterocycles. The lowest BCUT2D eigenvalue weighted by Gasteiger charge is -2.19. The van der Waals surface area contributed by atoms with Crippen LogP contribution in [0.5, 0.6) is 0 Å². The second-order valence-electron chi connectivity index (χ2n) is 6.82. The van der Waals surface area contributed by atoms with Crippen molar-refractivity contribution in [3.8, 4) is 0 Å². The number of anilines is 2. The monoisotopic (exact) mass is 462 g/mol. The molecule has 12 heteroatoms. The third-order valence-corrected chi connectivity index (χ3v) is 7.85. The predicted octanol–water partition coefficient (Wildman–Crippen LogP) is 3.19. The number of benzene rings is 2. The Morgan fingerprint density at radius 1 is 1.07 bits per heavy atom. The fourth-order valence-corrected chi connectivity index (χ4v) is 6.25. The molecule has 7 nitrogen and oxygen atoms in total. The summed E-state index contributed by atoms with van der Waals surface area (Å²) in [4.78, 5) is 11.8. The van der Waals surface area contributed by atoms with Crippen molar-refractivity contribution in [1.82, 2.24) is 0 Å². The number of nitrogens with one attached hydrogen (secondary N) is 1. The fraction of sp³-hybridized carbons (Fsp3) is 0.278. The zero-order valence-corrected chi connectivity index (χ0v) is 17.5. The van der Waals surface area contributed by atoms with Gasteiger partial charge in [0, 0.05) is 12.1 Å². The largest absolute Gasteiger partial charge is 0.416 e. The number of sulfonamides is 2. The summed E-state index contributed by atoms with van der Waals surface area (Å²) in [5, 5.41) is 0. The molecule has 1 amide bonds. The SMILES string of the molecule is Cc1cc(N2C(=O)CCS2(=O)=O)cc(C)c1S(=O)(=O)Nc1cccc(C(F)(F)F)c1. The van der Waals surface area contributed by atoms with Crippen LogP contribution in [0, 0.1) is 13.8 Å². The van der Waals surface area contributed by atoms with Crippen molar-refractivity contribution in [2.45, 2.75) is 31.3 Å². The highest BCUT2D eigenvalue weighted by molar-refractivity contribution is 7.94. The van der Waals surface area contributed by atoms with E-state index in [0.29, 0.717) is 10.4 Å². The first kappa shape index (κ1) is 22.1. The van der Waals surface area contributed by atoms with Gasteiger partial charge in [-0.15, -0.1) is 0 Å². The maximum atomic E-state index is 12.9. The van der Waals surface area contributed by atoms with E-state index in [1.54, 1.807) is 0 Å². The molecular weight excluding hydrogens is 445 g/mol. The molecule has 0 spiro atoms. The summed E-state index contributed by atoms with van der Waals surface area (Å²) in [6, 6.07) is 6.24. The number of hydrogen-bond donors (Lipinski definition) is 1. The lowest BCUT2D eigenvalue weighted by atomic mass is 10.1. The number of rotatable bonds is 4. The van der Waals surface area contributed by atoms with Crippen LogP contribution in [0.2, 0.25) is 0 Å². The van der Waals surface area contributed by atoms with Gasteiger partial charge in [0.15, 0.2) is 0 Å². The molecule has 30 heavy (non-hydrogen) atoms. The van der Waals surface area contributed by atoms with Crippen LogP contribution in [0.4, 0.5) is 24.5 Å². The van der Waals surface area contributed by atoms with Crippen LogP contribution in [0.15, 0.2) is 41.3 Å². The number of hydrogen-bond acceptors (Lipinski definition) is 5. The van der Waals surface area contributed by atoms with E-state index in [9.17, 15) is 34.8 Å². The summed E-state index contributed by atoms with van der Waals surface area (Å²) in [6.07, 6.45) is -4.81. The molecule has 1 saturated heterocycles. The Morgan fingerprint density at radius 2 is 1.67 bits per heavy atom. The number of amides is 1. The van der Waals surface area contributed by atoms with Gasteiger partial charge >= 0.3 is 6.18 Å². The van der Waals surface area contributed by atoms with E-state index >= 15 is 0 Å². The summed E-state index contributed by atoms with van der Waals surface area (Å²) < 4.78 is 91.3. The molecule has 0 radical (unpaired) electrons. The quantitative estimate of drug-likeness (QED) is 0.752. The molecule has 1 aliphatic rings. The summed E-state index contributed by atoms with van der Waals surface area (Å²) in [5.41, 5.74) is -0.987. The van der Waals surface area contributed by atoms with E-state index in [-0.39, 0.29) is 39.6 Å². The standard InChI is InChI=1S/C18H17F3N2O5S2/c1-11-8-15(23-16(24)6-7-29(23,25)26)9-12(2)17(11)30(27,28)22-14-5-3-4-13(10-14)18(19,20)21/h3-5,8-10,22H,6-7H2,1-2H3. The van der Waals surface area contributed by atoms with Gasteiger partial charge < -0.3 is 0 Å². The minimum absolute atomic E-state index is 0.0190. The molecular formula is C18H17F3N2O5S2. The minimum atomic E-state index is -4.64. The summed E-state index contributed by atoms with van der Waals surface area (Å²) in [6.45, 7) is 2.81. The van der Waals surface area contributed by atoms with Crippen molar-refractivity contribution in [3.63, 3.8) is 0 Å². The highest BCUT2D eigenvalue weighted by atomic mass is 32.2. The molecule has 0 atom stereocenters. The number of carbonyl (C=O) groups excluding carboxylic acids is 1. The van der Waals surface area contributed by atoms with E-state index in [2.05, 4.69) is 4.72 Å². The molecule has 162 valence electrons. The Hall–Kier alpha value is -2.60. The van der Waals surface area contributed by atoms with Gasteiger partial charge in [0.05, 0.1) is 21.9 Å². The van der Waals surface area contributed by atoms with Crippen molar-refractivity contribution in [2.24, 2.45) is 0 Å². The maximum Gasteiger partial charge on any atom is 0.416 e. The highest BCUT2D eigenvalue weighted by Crippen LogP contribution is 2.34. The van der Waals surface area contributed by atoms with Gasteiger partial charge in [0.25, 0.3) is 10.0 Å². The predicted molar refractivity (Wildman–Crippen MR) is 104 cm³/mol.